The van der Waals surface area contributed by atoms with Gasteiger partial charge in [-0.15, -0.1) is 9.38 Å². The van der Waals surface area contributed by atoms with Crippen LogP contribution < -0.4 is 5.64 Å². The lowest BCUT2D eigenvalue weighted by atomic mass is 10.3. The number of esters is 1. The maximum atomic E-state index is 11.7. The summed E-state index contributed by atoms with van der Waals surface area (Å²) in [6, 6.07) is 9.48. The number of rotatable bonds is 6. The van der Waals surface area contributed by atoms with Crippen LogP contribution in [0.5, 0.6) is 0 Å². The maximum Gasteiger partial charge on any atom is 0.415 e. The van der Waals surface area contributed by atoms with Crippen molar-refractivity contribution in [3.63, 3.8) is 0 Å². The SMILES string of the molecule is CCOC(=O)c1nn(-c2ccccc2)nc1CC.O=S(=O)(O)ONO. The van der Waals surface area contributed by atoms with Crippen LogP contribution in [0.15, 0.2) is 30.3 Å². The smallest absolute Gasteiger partial charge is 0.415 e. The van der Waals surface area contributed by atoms with Crippen LogP contribution in [0.1, 0.15) is 30.0 Å². The molecule has 0 amide bonds. The molecular weight excluding hydrogens is 356 g/mol. The Morgan fingerprint density at radius 3 is 2.32 bits per heavy atom. The molecule has 0 spiro atoms. The second-order valence-electron chi connectivity index (χ2n) is 4.30. The van der Waals surface area contributed by atoms with Gasteiger partial charge in [0.25, 0.3) is 0 Å². The molecule has 2 aromatic rings. The van der Waals surface area contributed by atoms with E-state index in [1.165, 1.54) is 4.80 Å². The van der Waals surface area contributed by atoms with Crippen molar-refractivity contribution in [2.24, 2.45) is 0 Å². The highest BCUT2D eigenvalue weighted by Gasteiger charge is 2.18. The molecule has 1 aromatic heterocycles. The summed E-state index contributed by atoms with van der Waals surface area (Å²) < 4.78 is 34.3. The van der Waals surface area contributed by atoms with Crippen molar-refractivity contribution in [3.05, 3.63) is 41.7 Å². The number of para-hydroxylation sites is 1. The minimum absolute atomic E-state index is 0.295. The van der Waals surface area contributed by atoms with Crippen LogP contribution in [0.4, 0.5) is 0 Å². The molecule has 0 radical (unpaired) electrons. The van der Waals surface area contributed by atoms with E-state index in [2.05, 4.69) is 14.5 Å². The van der Waals surface area contributed by atoms with Gasteiger partial charge in [-0.2, -0.15) is 18.3 Å². The van der Waals surface area contributed by atoms with Crippen LogP contribution >= 0.6 is 0 Å². The van der Waals surface area contributed by atoms with Crippen molar-refractivity contribution >= 4 is 16.4 Å². The zero-order valence-corrected chi connectivity index (χ0v) is 14.3. The van der Waals surface area contributed by atoms with Crippen molar-refractivity contribution in [1.82, 2.24) is 20.6 Å². The van der Waals surface area contributed by atoms with E-state index in [0.717, 1.165) is 11.3 Å². The summed E-state index contributed by atoms with van der Waals surface area (Å²) in [5.74, 6) is -0.420. The molecule has 0 atom stereocenters. The third-order valence-electron chi connectivity index (χ3n) is 2.62. The molecular formula is C13H18N4O7S. The van der Waals surface area contributed by atoms with Gasteiger partial charge in [-0.3, -0.25) is 9.76 Å². The fraction of sp³-hybridized carbons (Fsp3) is 0.308. The highest BCUT2D eigenvalue weighted by molar-refractivity contribution is 7.80. The number of hydrogen-bond acceptors (Lipinski definition) is 9. The topological polar surface area (TPSA) is 153 Å². The van der Waals surface area contributed by atoms with Gasteiger partial charge in [-0.1, -0.05) is 30.8 Å². The number of aromatic nitrogens is 3. The summed E-state index contributed by atoms with van der Waals surface area (Å²) in [4.78, 5) is 13.2. The Morgan fingerprint density at radius 1 is 1.24 bits per heavy atom. The van der Waals surface area contributed by atoms with Gasteiger partial charge in [-0.05, 0) is 25.5 Å². The van der Waals surface area contributed by atoms with Crippen LogP contribution in [-0.2, 0) is 25.8 Å². The van der Waals surface area contributed by atoms with E-state index in [-0.39, 0.29) is 0 Å². The van der Waals surface area contributed by atoms with E-state index in [4.69, 9.17) is 14.5 Å². The van der Waals surface area contributed by atoms with Gasteiger partial charge in [0, 0.05) is 0 Å². The lowest BCUT2D eigenvalue weighted by molar-refractivity contribution is -0.0456. The van der Waals surface area contributed by atoms with Crippen LogP contribution in [0.2, 0.25) is 0 Å². The minimum Gasteiger partial charge on any atom is -0.461 e. The number of carbonyl (C=O) groups is 1. The summed E-state index contributed by atoms with van der Waals surface area (Å²) in [7, 11) is -4.54. The Balaban J connectivity index is 0.000000381. The summed E-state index contributed by atoms with van der Waals surface area (Å²) in [6.45, 7) is 4.04. The minimum atomic E-state index is -4.54. The van der Waals surface area contributed by atoms with Gasteiger partial charge in [-0.25, -0.2) is 4.79 Å². The first-order chi connectivity index (χ1) is 11.8. The largest absolute Gasteiger partial charge is 0.461 e. The first-order valence-electron chi connectivity index (χ1n) is 7.06. The van der Waals surface area contributed by atoms with E-state index >= 15 is 0 Å². The molecule has 0 saturated carbocycles. The highest BCUT2D eigenvalue weighted by atomic mass is 32.3. The normalized spacial score (nSPS) is 10.7. The van der Waals surface area contributed by atoms with Gasteiger partial charge in [0.15, 0.2) is 5.69 Å². The number of ether oxygens (including phenoxy) is 1. The van der Waals surface area contributed by atoms with E-state index in [0.29, 0.717) is 24.4 Å². The van der Waals surface area contributed by atoms with Gasteiger partial charge >= 0.3 is 16.4 Å². The third kappa shape index (κ3) is 6.94. The van der Waals surface area contributed by atoms with Crippen LogP contribution in [-0.4, -0.2) is 45.7 Å². The lowest BCUT2D eigenvalue weighted by Gasteiger charge is -1.98. The monoisotopic (exact) mass is 374 g/mol. The summed E-state index contributed by atoms with van der Waals surface area (Å²) in [5, 5.41) is 15.9. The summed E-state index contributed by atoms with van der Waals surface area (Å²) in [6.07, 6.45) is 0.640. The fourth-order valence-electron chi connectivity index (χ4n) is 1.66. The second kappa shape index (κ2) is 9.80. The predicted octanol–water partition coefficient (Wildman–Crippen LogP) is 0.706. The number of benzene rings is 1. The van der Waals surface area contributed by atoms with Crippen molar-refractivity contribution in [1.29, 1.82) is 0 Å². The average molecular weight is 374 g/mol. The fourth-order valence-corrected chi connectivity index (χ4v) is 1.75. The highest BCUT2D eigenvalue weighted by Crippen LogP contribution is 2.10. The molecule has 3 N–H and O–H groups in total. The van der Waals surface area contributed by atoms with Gasteiger partial charge < -0.3 is 4.74 Å². The number of nitrogens with one attached hydrogen (secondary N) is 1. The molecule has 11 nitrogen and oxygen atoms in total. The Hall–Kier alpha value is -2.38. The van der Waals surface area contributed by atoms with Crippen LogP contribution in [0, 0.1) is 0 Å². The Morgan fingerprint density at radius 2 is 1.88 bits per heavy atom. The van der Waals surface area contributed by atoms with Crippen molar-refractivity contribution in [3.8, 4) is 5.69 Å². The molecule has 25 heavy (non-hydrogen) atoms. The number of hydrogen-bond donors (Lipinski definition) is 3. The number of carbonyl (C=O) groups excluding carboxylic acids is 1. The Labute approximate surface area is 144 Å². The molecule has 0 aliphatic heterocycles. The second-order valence-corrected chi connectivity index (χ2v) is 5.32. The van der Waals surface area contributed by atoms with Crippen LogP contribution in [0.25, 0.3) is 5.69 Å². The first kappa shape index (κ1) is 20.7. The third-order valence-corrected chi connectivity index (χ3v) is 2.90. The van der Waals surface area contributed by atoms with Gasteiger partial charge in [0.2, 0.25) is 0 Å². The molecule has 0 saturated heterocycles. The van der Waals surface area contributed by atoms with Gasteiger partial charge in [0.1, 0.15) is 0 Å². The molecule has 1 aromatic carbocycles. The molecule has 0 aliphatic carbocycles. The molecule has 138 valence electrons. The van der Waals surface area contributed by atoms with Gasteiger partial charge in [0.05, 0.1) is 18.0 Å². The quantitative estimate of drug-likeness (QED) is 0.374. The van der Waals surface area contributed by atoms with Crippen molar-refractivity contribution in [2.45, 2.75) is 20.3 Å². The molecule has 1 heterocycles. The lowest BCUT2D eigenvalue weighted by Crippen LogP contribution is -2.14. The molecule has 0 bridgehead atoms. The first-order valence-corrected chi connectivity index (χ1v) is 8.42. The van der Waals surface area contributed by atoms with E-state index in [9.17, 15) is 13.2 Å². The zero-order chi connectivity index (χ0) is 18.9. The Kier molecular flexibility index (Phi) is 8.10. The standard InChI is InChI=1S/C13H15N3O2.H3NO5S/c1-3-11-12(13(17)18-4-2)15-16(14-11)10-8-6-5-7-9-10;2-1-6-7(3,4)5/h5-9H,3-4H2,1-2H3;1-2H,(H,3,4,5). The maximum absolute atomic E-state index is 11.7. The summed E-state index contributed by atoms with van der Waals surface area (Å²) >= 11 is 0. The van der Waals surface area contributed by atoms with Crippen molar-refractivity contribution < 1.29 is 32.0 Å². The Bertz CT molecular complexity index is 777. The average Bonchev–Trinajstić information content (AvgIpc) is 3.00. The van der Waals surface area contributed by atoms with E-state index in [1.54, 1.807) is 6.92 Å². The molecule has 2 rings (SSSR count). The zero-order valence-electron chi connectivity index (χ0n) is 13.5. The predicted molar refractivity (Wildman–Crippen MR) is 84.2 cm³/mol. The van der Waals surface area contributed by atoms with E-state index < -0.39 is 16.4 Å². The molecule has 0 aliphatic rings. The molecule has 0 fully saturated rings. The number of aryl methyl sites for hydroxylation is 1. The molecule has 0 unspecified atom stereocenters. The number of nitrogens with zero attached hydrogens (tertiary/aromatic N) is 3. The van der Waals surface area contributed by atoms with E-state index in [1.807, 2.05) is 37.3 Å². The molecule has 12 heteroatoms. The van der Waals surface area contributed by atoms with Crippen molar-refractivity contribution in [2.75, 3.05) is 6.61 Å². The van der Waals surface area contributed by atoms with Crippen LogP contribution in [0.3, 0.4) is 0 Å². The summed E-state index contributed by atoms with van der Waals surface area (Å²) in [5.41, 5.74) is 2.54.